The molecule has 1 aliphatic carbocycles. The minimum atomic E-state index is -1.71. The Hall–Kier alpha value is -3.17. The molecular formula is C24H29F2N5O3. The molecule has 1 saturated carbocycles. The van der Waals surface area contributed by atoms with Crippen molar-refractivity contribution >= 4 is 12.0 Å². The Balaban J connectivity index is 1.45. The molecule has 2 aliphatic heterocycles. The van der Waals surface area contributed by atoms with Crippen molar-refractivity contribution in [1.29, 1.82) is 0 Å². The molecule has 5 rings (SSSR count). The number of halogens is 2. The number of hydrogen-bond donors (Lipinski definition) is 1. The average Bonchev–Trinajstić information content (AvgIpc) is 3.28. The van der Waals surface area contributed by atoms with E-state index in [1.165, 1.54) is 32.3 Å². The lowest BCUT2D eigenvalue weighted by Crippen LogP contribution is -2.47. The number of pyridine rings is 1. The van der Waals surface area contributed by atoms with Crippen LogP contribution < -0.4 is 5.32 Å². The van der Waals surface area contributed by atoms with E-state index in [0.29, 0.717) is 11.3 Å². The molecule has 10 heteroatoms. The highest BCUT2D eigenvalue weighted by Gasteiger charge is 2.56. The molecule has 4 heterocycles. The normalized spacial score (nSPS) is 21.7. The van der Waals surface area contributed by atoms with Gasteiger partial charge in [0, 0.05) is 29.6 Å². The van der Waals surface area contributed by atoms with Crippen molar-refractivity contribution in [2.75, 3.05) is 0 Å². The second kappa shape index (κ2) is 8.56. The number of nitrogens with zero attached hydrogens (tertiary/aromatic N) is 4. The first-order valence-corrected chi connectivity index (χ1v) is 11.3. The van der Waals surface area contributed by atoms with Crippen LogP contribution in [-0.2, 0) is 21.7 Å². The molecular weight excluding hydrogens is 444 g/mol. The van der Waals surface area contributed by atoms with Gasteiger partial charge in [0.2, 0.25) is 5.91 Å². The van der Waals surface area contributed by atoms with Crippen molar-refractivity contribution in [3.8, 4) is 11.1 Å². The maximum Gasteiger partial charge on any atom is 0.411 e. The fourth-order valence-electron chi connectivity index (χ4n) is 4.34. The number of alkyl halides is 1. The molecule has 0 radical (unpaired) electrons. The molecule has 1 unspecified atom stereocenters. The number of carbonyl (C=O) groups is 2. The molecule has 1 atom stereocenters. The second-order valence-corrected chi connectivity index (χ2v) is 10.4. The average molecular weight is 474 g/mol. The molecule has 0 spiro atoms. The molecule has 2 amide bonds. The van der Waals surface area contributed by atoms with Gasteiger partial charge in [0.15, 0.2) is 11.5 Å². The third-order valence-electron chi connectivity index (χ3n) is 6.01. The molecule has 2 saturated heterocycles. The summed E-state index contributed by atoms with van der Waals surface area (Å²) in [6.07, 6.45) is 4.84. The summed E-state index contributed by atoms with van der Waals surface area (Å²) in [5.74, 6) is -0.771. The fourth-order valence-corrected chi connectivity index (χ4v) is 4.34. The minimum absolute atomic E-state index is 0.00249. The molecule has 34 heavy (non-hydrogen) atoms. The number of rotatable bonds is 5. The standard InChI is InChI=1S/C24H29F2N5O3/c1-23(2,3)34-22(33)31-16-6-13(7-16)19(31)20(32)28-11-15-8-17(18(25)12-27-15)14-9-29-21(30-10-14)24(4,5)26/h8-10,12-13,16,19H,6-7,11H2,1-5H3,(H,28,32). The Labute approximate surface area is 197 Å². The van der Waals surface area contributed by atoms with Crippen LogP contribution in [0.2, 0.25) is 0 Å². The summed E-state index contributed by atoms with van der Waals surface area (Å²) in [5, 5.41) is 2.82. The molecule has 8 nitrogen and oxygen atoms in total. The van der Waals surface area contributed by atoms with E-state index in [1.54, 1.807) is 25.7 Å². The molecule has 182 valence electrons. The number of hydrogen-bond acceptors (Lipinski definition) is 6. The number of carbonyl (C=O) groups excluding carboxylic acids is 2. The van der Waals surface area contributed by atoms with Crippen LogP contribution in [0, 0.1) is 11.7 Å². The molecule has 0 aromatic carbocycles. The van der Waals surface area contributed by atoms with Crippen LogP contribution in [0.4, 0.5) is 13.6 Å². The van der Waals surface area contributed by atoms with Crippen molar-refractivity contribution in [2.45, 2.75) is 77.4 Å². The summed E-state index contributed by atoms with van der Waals surface area (Å²) in [5.41, 5.74) is -1.37. The van der Waals surface area contributed by atoms with Crippen LogP contribution in [0.1, 0.15) is 59.0 Å². The molecule has 2 aromatic rings. The monoisotopic (exact) mass is 473 g/mol. The topological polar surface area (TPSA) is 97.3 Å². The highest BCUT2D eigenvalue weighted by atomic mass is 19.1. The molecule has 2 bridgehead atoms. The fraction of sp³-hybridized carbons (Fsp3) is 0.542. The van der Waals surface area contributed by atoms with E-state index in [2.05, 4.69) is 20.3 Å². The minimum Gasteiger partial charge on any atom is -0.444 e. The zero-order valence-electron chi connectivity index (χ0n) is 19.9. The third-order valence-corrected chi connectivity index (χ3v) is 6.01. The van der Waals surface area contributed by atoms with Crippen molar-refractivity contribution in [1.82, 2.24) is 25.2 Å². The predicted octanol–water partition coefficient (Wildman–Crippen LogP) is 3.90. The number of ether oxygens (including phenoxy) is 1. The smallest absolute Gasteiger partial charge is 0.411 e. The van der Waals surface area contributed by atoms with Crippen LogP contribution >= 0.6 is 0 Å². The van der Waals surface area contributed by atoms with E-state index in [1.807, 2.05) is 0 Å². The molecule has 3 fully saturated rings. The van der Waals surface area contributed by atoms with Gasteiger partial charge in [-0.1, -0.05) is 0 Å². The maximum atomic E-state index is 14.4. The first kappa shape index (κ1) is 24.0. The van der Waals surface area contributed by atoms with E-state index in [-0.39, 0.29) is 35.8 Å². The van der Waals surface area contributed by atoms with E-state index < -0.39 is 29.2 Å². The summed E-state index contributed by atoms with van der Waals surface area (Å²) in [6.45, 7) is 8.10. The largest absolute Gasteiger partial charge is 0.444 e. The van der Waals surface area contributed by atoms with E-state index in [9.17, 15) is 18.4 Å². The Morgan fingerprint density at radius 2 is 1.76 bits per heavy atom. The van der Waals surface area contributed by atoms with Gasteiger partial charge in [0.25, 0.3) is 0 Å². The van der Waals surface area contributed by atoms with Gasteiger partial charge >= 0.3 is 6.09 Å². The van der Waals surface area contributed by atoms with Crippen molar-refractivity contribution in [3.63, 3.8) is 0 Å². The van der Waals surface area contributed by atoms with Crippen LogP contribution in [-0.4, -0.2) is 49.5 Å². The highest BCUT2D eigenvalue weighted by Crippen LogP contribution is 2.46. The highest BCUT2D eigenvalue weighted by molar-refractivity contribution is 5.87. The van der Waals surface area contributed by atoms with Gasteiger partial charge in [-0.25, -0.2) is 23.5 Å². The molecule has 2 aromatic heterocycles. The van der Waals surface area contributed by atoms with Gasteiger partial charge in [-0.2, -0.15) is 0 Å². The van der Waals surface area contributed by atoms with Crippen LogP contribution in [0.15, 0.2) is 24.7 Å². The number of fused-ring (bicyclic) bond motifs is 1. The van der Waals surface area contributed by atoms with Gasteiger partial charge in [-0.15, -0.1) is 0 Å². The Bertz CT molecular complexity index is 1090. The van der Waals surface area contributed by atoms with Crippen LogP contribution in [0.5, 0.6) is 0 Å². The Kier molecular flexibility index (Phi) is 6.03. The predicted molar refractivity (Wildman–Crippen MR) is 120 cm³/mol. The molecule has 3 aliphatic rings. The lowest BCUT2D eigenvalue weighted by Gasteiger charge is -2.29. The van der Waals surface area contributed by atoms with Gasteiger partial charge in [-0.05, 0) is 59.4 Å². The first-order valence-electron chi connectivity index (χ1n) is 11.3. The van der Waals surface area contributed by atoms with Gasteiger partial charge < -0.3 is 10.1 Å². The van der Waals surface area contributed by atoms with Crippen molar-refractivity contribution < 1.29 is 23.1 Å². The Morgan fingerprint density at radius 3 is 2.35 bits per heavy atom. The third kappa shape index (κ3) is 4.85. The number of nitrogens with one attached hydrogen (secondary N) is 1. The van der Waals surface area contributed by atoms with Gasteiger partial charge in [-0.3, -0.25) is 14.7 Å². The quantitative estimate of drug-likeness (QED) is 0.708. The van der Waals surface area contributed by atoms with Gasteiger partial charge in [0.05, 0.1) is 18.4 Å². The van der Waals surface area contributed by atoms with Crippen molar-refractivity contribution in [2.24, 2.45) is 5.92 Å². The van der Waals surface area contributed by atoms with Crippen molar-refractivity contribution in [3.05, 3.63) is 42.0 Å². The second-order valence-electron chi connectivity index (χ2n) is 10.4. The zero-order chi connectivity index (χ0) is 24.8. The summed E-state index contributed by atoms with van der Waals surface area (Å²) in [7, 11) is 0. The van der Waals surface area contributed by atoms with E-state index in [4.69, 9.17) is 4.74 Å². The summed E-state index contributed by atoms with van der Waals surface area (Å²) in [4.78, 5) is 39.2. The van der Waals surface area contributed by atoms with Gasteiger partial charge in [0.1, 0.15) is 17.5 Å². The number of amides is 2. The SMILES string of the molecule is CC(C)(C)OC(=O)N1C2CC(C2)C1C(=O)NCc1cc(-c2cnc(C(C)(C)F)nc2)c(F)cn1. The van der Waals surface area contributed by atoms with E-state index in [0.717, 1.165) is 19.0 Å². The van der Waals surface area contributed by atoms with Crippen LogP contribution in [0.3, 0.4) is 0 Å². The summed E-state index contributed by atoms with van der Waals surface area (Å²) >= 11 is 0. The van der Waals surface area contributed by atoms with Crippen LogP contribution in [0.25, 0.3) is 11.1 Å². The molecule has 1 N–H and O–H groups in total. The summed E-state index contributed by atoms with van der Waals surface area (Å²) in [6, 6.07) is 0.919. The first-order chi connectivity index (χ1) is 15.8. The van der Waals surface area contributed by atoms with E-state index >= 15 is 0 Å². The zero-order valence-corrected chi connectivity index (χ0v) is 19.9. The maximum absolute atomic E-state index is 14.4. The number of aromatic nitrogens is 3. The lowest BCUT2D eigenvalue weighted by molar-refractivity contribution is -0.126. The summed E-state index contributed by atoms with van der Waals surface area (Å²) < 4.78 is 33.9. The lowest BCUT2D eigenvalue weighted by atomic mass is 9.83. The Morgan fingerprint density at radius 1 is 1.12 bits per heavy atom.